The van der Waals surface area contributed by atoms with E-state index in [0.717, 1.165) is 21.3 Å². The van der Waals surface area contributed by atoms with E-state index in [-0.39, 0.29) is 0 Å². The molecule has 0 atom stereocenters. The zero-order valence-electron chi connectivity index (χ0n) is 10.7. The number of ether oxygens (including phenoxy) is 1. The topological polar surface area (TPSA) is 50.3 Å². The summed E-state index contributed by atoms with van der Waals surface area (Å²) >= 11 is 3.44. The number of aromatic nitrogens is 2. The van der Waals surface area contributed by atoms with Crippen molar-refractivity contribution in [1.82, 2.24) is 9.38 Å². The molecule has 0 unspecified atom stereocenters. The molecule has 0 aliphatic rings. The van der Waals surface area contributed by atoms with Gasteiger partial charge in [0.2, 0.25) is 0 Å². The van der Waals surface area contributed by atoms with Crippen LogP contribution < -0.4 is 4.74 Å². The Bertz CT molecular complexity index is 833. The number of rotatable bonds is 2. The van der Waals surface area contributed by atoms with Crippen molar-refractivity contribution in [2.75, 3.05) is 7.11 Å². The summed E-state index contributed by atoms with van der Waals surface area (Å²) in [6.07, 6.45) is 1.89. The van der Waals surface area contributed by atoms with Crippen molar-refractivity contribution in [2.45, 2.75) is 0 Å². The van der Waals surface area contributed by atoms with E-state index < -0.39 is 0 Å². The molecule has 4 nitrogen and oxygen atoms in total. The number of halogens is 1. The van der Waals surface area contributed by atoms with Gasteiger partial charge < -0.3 is 4.74 Å². The molecule has 0 aliphatic carbocycles. The molecule has 0 radical (unpaired) electrons. The molecular weight excluding hydrogens is 318 g/mol. The molecular formula is C15H10BrN3O. The third kappa shape index (κ3) is 1.95. The maximum atomic E-state index is 9.22. The Morgan fingerprint density at radius 1 is 1.25 bits per heavy atom. The van der Waals surface area contributed by atoms with Gasteiger partial charge in [-0.15, -0.1) is 0 Å². The van der Waals surface area contributed by atoms with Crippen LogP contribution in [0, 0.1) is 11.3 Å². The standard InChI is InChI=1S/C15H10BrN3O/c1-20-14-5-3-2-4-11(14)15-18-12(8-17)13-7-6-10(16)9-19(13)15/h2-7,9H,1H3. The fourth-order valence-corrected chi connectivity index (χ4v) is 2.50. The summed E-state index contributed by atoms with van der Waals surface area (Å²) in [5.41, 5.74) is 2.03. The molecule has 2 aromatic heterocycles. The van der Waals surface area contributed by atoms with Gasteiger partial charge in [0.1, 0.15) is 17.6 Å². The number of nitriles is 1. The van der Waals surface area contributed by atoms with Crippen molar-refractivity contribution in [2.24, 2.45) is 0 Å². The normalized spacial score (nSPS) is 10.4. The van der Waals surface area contributed by atoms with Crippen LogP contribution in [0.25, 0.3) is 16.9 Å². The molecule has 0 fully saturated rings. The quantitative estimate of drug-likeness (QED) is 0.722. The van der Waals surface area contributed by atoms with E-state index in [1.807, 2.05) is 47.0 Å². The van der Waals surface area contributed by atoms with Crippen LogP contribution in [-0.2, 0) is 0 Å². The third-order valence-electron chi connectivity index (χ3n) is 3.05. The first kappa shape index (κ1) is 12.7. The number of hydrogen-bond acceptors (Lipinski definition) is 3. The largest absolute Gasteiger partial charge is 0.496 e. The van der Waals surface area contributed by atoms with Gasteiger partial charge in [-0.3, -0.25) is 4.40 Å². The highest BCUT2D eigenvalue weighted by Gasteiger charge is 2.15. The molecule has 0 saturated heterocycles. The maximum absolute atomic E-state index is 9.22. The average Bonchev–Trinajstić information content (AvgIpc) is 2.84. The van der Waals surface area contributed by atoms with Crippen LogP contribution in [0.1, 0.15) is 5.69 Å². The lowest BCUT2D eigenvalue weighted by atomic mass is 10.2. The zero-order chi connectivity index (χ0) is 14.1. The molecule has 20 heavy (non-hydrogen) atoms. The first-order valence-electron chi connectivity index (χ1n) is 5.95. The van der Waals surface area contributed by atoms with E-state index in [4.69, 9.17) is 4.74 Å². The summed E-state index contributed by atoms with van der Waals surface area (Å²) < 4.78 is 8.18. The molecule has 3 rings (SSSR count). The first-order chi connectivity index (χ1) is 9.74. The van der Waals surface area contributed by atoms with Crippen molar-refractivity contribution >= 4 is 21.4 Å². The highest BCUT2D eigenvalue weighted by atomic mass is 79.9. The van der Waals surface area contributed by atoms with E-state index >= 15 is 0 Å². The van der Waals surface area contributed by atoms with E-state index in [1.165, 1.54) is 0 Å². The molecule has 0 aliphatic heterocycles. The predicted octanol–water partition coefficient (Wildman–Crippen LogP) is 3.64. The van der Waals surface area contributed by atoms with Crippen molar-refractivity contribution in [3.05, 3.63) is 52.8 Å². The van der Waals surface area contributed by atoms with E-state index in [0.29, 0.717) is 11.5 Å². The second-order valence-corrected chi connectivity index (χ2v) is 5.11. The Kier molecular flexibility index (Phi) is 3.17. The third-order valence-corrected chi connectivity index (χ3v) is 3.52. The van der Waals surface area contributed by atoms with Gasteiger partial charge in [0, 0.05) is 10.7 Å². The lowest BCUT2D eigenvalue weighted by molar-refractivity contribution is 0.416. The minimum absolute atomic E-state index is 0.401. The van der Waals surface area contributed by atoms with Gasteiger partial charge in [0.15, 0.2) is 5.69 Å². The highest BCUT2D eigenvalue weighted by Crippen LogP contribution is 2.31. The van der Waals surface area contributed by atoms with E-state index in [2.05, 4.69) is 27.0 Å². The Morgan fingerprint density at radius 2 is 2.05 bits per heavy atom. The molecule has 98 valence electrons. The summed E-state index contributed by atoms with van der Waals surface area (Å²) in [5.74, 6) is 1.42. The molecule has 1 aromatic carbocycles. The molecule has 0 bridgehead atoms. The van der Waals surface area contributed by atoms with Crippen LogP contribution >= 0.6 is 15.9 Å². The number of benzene rings is 1. The maximum Gasteiger partial charge on any atom is 0.166 e. The summed E-state index contributed by atoms with van der Waals surface area (Å²) in [4.78, 5) is 4.43. The van der Waals surface area contributed by atoms with Crippen LogP contribution in [-0.4, -0.2) is 16.5 Å². The summed E-state index contributed by atoms with van der Waals surface area (Å²) in [6.45, 7) is 0. The molecule has 3 aromatic rings. The number of para-hydroxylation sites is 1. The minimum atomic E-state index is 0.401. The molecule has 0 N–H and O–H groups in total. The smallest absolute Gasteiger partial charge is 0.166 e. The Morgan fingerprint density at radius 3 is 2.80 bits per heavy atom. The number of imidazole rings is 1. The minimum Gasteiger partial charge on any atom is -0.496 e. The van der Waals surface area contributed by atoms with Gasteiger partial charge in [0.25, 0.3) is 0 Å². The fraction of sp³-hybridized carbons (Fsp3) is 0.0667. The lowest BCUT2D eigenvalue weighted by Gasteiger charge is -2.07. The van der Waals surface area contributed by atoms with Gasteiger partial charge in [-0.1, -0.05) is 12.1 Å². The van der Waals surface area contributed by atoms with Gasteiger partial charge >= 0.3 is 0 Å². The Hall–Kier alpha value is -2.32. The zero-order valence-corrected chi connectivity index (χ0v) is 12.3. The summed E-state index contributed by atoms with van der Waals surface area (Å²) in [6, 6.07) is 13.5. The molecule has 0 saturated carbocycles. The predicted molar refractivity (Wildman–Crippen MR) is 79.6 cm³/mol. The van der Waals surface area contributed by atoms with Crippen molar-refractivity contribution in [3.8, 4) is 23.2 Å². The number of fused-ring (bicyclic) bond motifs is 1. The molecule has 0 spiro atoms. The van der Waals surface area contributed by atoms with Gasteiger partial charge in [-0.2, -0.15) is 5.26 Å². The highest BCUT2D eigenvalue weighted by molar-refractivity contribution is 9.10. The van der Waals surface area contributed by atoms with E-state index in [9.17, 15) is 5.26 Å². The first-order valence-corrected chi connectivity index (χ1v) is 6.75. The molecule has 2 heterocycles. The van der Waals surface area contributed by atoms with Gasteiger partial charge in [0.05, 0.1) is 18.2 Å². The molecule has 0 amide bonds. The second-order valence-electron chi connectivity index (χ2n) is 4.20. The number of methoxy groups -OCH3 is 1. The van der Waals surface area contributed by atoms with Crippen molar-refractivity contribution in [3.63, 3.8) is 0 Å². The number of pyridine rings is 1. The fourth-order valence-electron chi connectivity index (χ4n) is 2.16. The van der Waals surface area contributed by atoms with Crippen molar-refractivity contribution in [1.29, 1.82) is 5.26 Å². The lowest BCUT2D eigenvalue weighted by Crippen LogP contribution is -1.93. The van der Waals surface area contributed by atoms with Crippen molar-refractivity contribution < 1.29 is 4.74 Å². The average molecular weight is 328 g/mol. The van der Waals surface area contributed by atoms with Crippen LogP contribution in [0.5, 0.6) is 5.75 Å². The van der Waals surface area contributed by atoms with Gasteiger partial charge in [-0.05, 0) is 40.2 Å². The monoisotopic (exact) mass is 327 g/mol. The summed E-state index contributed by atoms with van der Waals surface area (Å²) in [7, 11) is 1.62. The number of hydrogen-bond donors (Lipinski definition) is 0. The second kappa shape index (κ2) is 4.99. The van der Waals surface area contributed by atoms with Crippen LogP contribution in [0.2, 0.25) is 0 Å². The van der Waals surface area contributed by atoms with Crippen LogP contribution in [0.4, 0.5) is 0 Å². The molecule has 5 heteroatoms. The van der Waals surface area contributed by atoms with Crippen LogP contribution in [0.15, 0.2) is 47.1 Å². The summed E-state index contributed by atoms with van der Waals surface area (Å²) in [5, 5.41) is 9.22. The van der Waals surface area contributed by atoms with Gasteiger partial charge in [-0.25, -0.2) is 4.98 Å². The van der Waals surface area contributed by atoms with E-state index in [1.54, 1.807) is 7.11 Å². The Balaban J connectivity index is 2.37. The van der Waals surface area contributed by atoms with Crippen LogP contribution in [0.3, 0.4) is 0 Å². The Labute approximate surface area is 124 Å². The SMILES string of the molecule is COc1ccccc1-c1nc(C#N)c2ccc(Br)cn12. The number of nitrogens with zero attached hydrogens (tertiary/aromatic N) is 3.